The normalized spacial score (nSPS) is 10.9. The van der Waals surface area contributed by atoms with E-state index in [9.17, 15) is 18.0 Å². The Morgan fingerprint density at radius 1 is 1.16 bits per heavy atom. The molecule has 0 N–H and O–H groups in total. The largest absolute Gasteiger partial charge is 0.452 e. The van der Waals surface area contributed by atoms with Crippen molar-refractivity contribution in [1.82, 2.24) is 4.90 Å². The molecule has 0 saturated carbocycles. The molecule has 0 aliphatic heterocycles. The van der Waals surface area contributed by atoms with Crippen molar-refractivity contribution in [2.45, 2.75) is 4.90 Å². The number of carbonyl (C=O) groups excluding carboxylic acids is 2. The lowest BCUT2D eigenvalue weighted by atomic mass is 10.2. The molecule has 104 valence electrons. The Balaban J connectivity index is 2.71. The van der Waals surface area contributed by atoms with Crippen molar-refractivity contribution >= 4 is 21.7 Å². The minimum absolute atomic E-state index is 0.119. The highest BCUT2D eigenvalue weighted by atomic mass is 32.2. The molecule has 1 amide bonds. The van der Waals surface area contributed by atoms with E-state index < -0.39 is 15.8 Å². The summed E-state index contributed by atoms with van der Waals surface area (Å²) in [6.45, 7) is -0.348. The Morgan fingerprint density at radius 2 is 1.68 bits per heavy atom. The van der Waals surface area contributed by atoms with E-state index in [1.807, 2.05) is 0 Å². The van der Waals surface area contributed by atoms with Gasteiger partial charge in [-0.1, -0.05) is 0 Å². The first-order valence-corrected chi connectivity index (χ1v) is 7.28. The number of esters is 1. The molecule has 0 aliphatic carbocycles. The van der Waals surface area contributed by atoms with E-state index in [4.69, 9.17) is 4.74 Å². The number of ether oxygens (including phenoxy) is 1. The molecule has 0 heterocycles. The lowest BCUT2D eigenvalue weighted by Gasteiger charge is -2.10. The first-order valence-electron chi connectivity index (χ1n) is 5.39. The van der Waals surface area contributed by atoms with Crippen LogP contribution in [0, 0.1) is 0 Å². The summed E-state index contributed by atoms with van der Waals surface area (Å²) in [6, 6.07) is 5.33. The number of likely N-dealkylation sites (N-methyl/N-ethyl adjacent to an activating group) is 1. The molecule has 0 aromatic heterocycles. The van der Waals surface area contributed by atoms with Crippen LogP contribution in [0.15, 0.2) is 29.2 Å². The van der Waals surface area contributed by atoms with Crippen LogP contribution in [-0.4, -0.2) is 52.2 Å². The summed E-state index contributed by atoms with van der Waals surface area (Å²) in [5.41, 5.74) is 0.193. The summed E-state index contributed by atoms with van der Waals surface area (Å²) in [5, 5.41) is 0. The first kappa shape index (κ1) is 15.2. The summed E-state index contributed by atoms with van der Waals surface area (Å²) < 4.78 is 27.3. The van der Waals surface area contributed by atoms with Crippen molar-refractivity contribution in [3.05, 3.63) is 29.8 Å². The van der Waals surface area contributed by atoms with E-state index >= 15 is 0 Å². The van der Waals surface area contributed by atoms with E-state index in [1.54, 1.807) is 14.1 Å². The molecule has 6 nitrogen and oxygen atoms in total. The van der Waals surface area contributed by atoms with Gasteiger partial charge in [-0.15, -0.1) is 0 Å². The number of sulfone groups is 1. The third-order valence-corrected chi connectivity index (χ3v) is 3.47. The van der Waals surface area contributed by atoms with Gasteiger partial charge in [0.1, 0.15) is 0 Å². The van der Waals surface area contributed by atoms with Gasteiger partial charge in [0, 0.05) is 20.4 Å². The van der Waals surface area contributed by atoms with Crippen molar-refractivity contribution in [2.24, 2.45) is 0 Å². The van der Waals surface area contributed by atoms with Crippen LogP contribution in [0.1, 0.15) is 10.4 Å². The second-order valence-corrected chi connectivity index (χ2v) is 6.18. The fourth-order valence-electron chi connectivity index (χ4n) is 1.18. The van der Waals surface area contributed by atoms with Crippen LogP contribution in [-0.2, 0) is 19.4 Å². The second kappa shape index (κ2) is 5.83. The van der Waals surface area contributed by atoms with Crippen LogP contribution in [0.2, 0.25) is 0 Å². The molecule has 0 saturated heterocycles. The molecule has 1 rings (SSSR count). The smallest absolute Gasteiger partial charge is 0.338 e. The molecule has 19 heavy (non-hydrogen) atoms. The van der Waals surface area contributed by atoms with Gasteiger partial charge in [-0.2, -0.15) is 0 Å². The van der Waals surface area contributed by atoms with Crippen molar-refractivity contribution in [1.29, 1.82) is 0 Å². The van der Waals surface area contributed by atoms with Gasteiger partial charge in [0.15, 0.2) is 16.4 Å². The monoisotopic (exact) mass is 285 g/mol. The van der Waals surface area contributed by atoms with E-state index in [2.05, 4.69) is 0 Å². The van der Waals surface area contributed by atoms with Crippen LogP contribution in [0.25, 0.3) is 0 Å². The van der Waals surface area contributed by atoms with Crippen molar-refractivity contribution in [3.63, 3.8) is 0 Å². The number of hydrogen-bond donors (Lipinski definition) is 0. The first-order chi connectivity index (χ1) is 8.71. The lowest BCUT2D eigenvalue weighted by Crippen LogP contribution is -2.27. The second-order valence-electron chi connectivity index (χ2n) is 4.16. The zero-order valence-corrected chi connectivity index (χ0v) is 11.7. The average molecular weight is 285 g/mol. The Kier molecular flexibility index (Phi) is 4.66. The third kappa shape index (κ3) is 4.36. The van der Waals surface area contributed by atoms with Gasteiger partial charge in [-0.05, 0) is 24.3 Å². The maximum atomic E-state index is 11.6. The molecule has 1 aromatic rings. The van der Waals surface area contributed by atoms with E-state index in [0.29, 0.717) is 0 Å². The zero-order valence-electron chi connectivity index (χ0n) is 10.9. The Morgan fingerprint density at radius 3 is 2.11 bits per heavy atom. The van der Waals surface area contributed by atoms with Crippen molar-refractivity contribution in [3.8, 4) is 0 Å². The van der Waals surface area contributed by atoms with E-state index in [0.717, 1.165) is 6.26 Å². The molecule has 0 aliphatic rings. The molecule has 0 spiro atoms. The fourth-order valence-corrected chi connectivity index (χ4v) is 1.81. The number of benzene rings is 1. The number of rotatable bonds is 4. The van der Waals surface area contributed by atoms with Crippen molar-refractivity contribution in [2.75, 3.05) is 27.0 Å². The van der Waals surface area contributed by atoms with Gasteiger partial charge < -0.3 is 9.64 Å². The minimum Gasteiger partial charge on any atom is -0.452 e. The summed E-state index contributed by atoms with van der Waals surface area (Å²) >= 11 is 0. The Hall–Kier alpha value is -1.89. The van der Waals surface area contributed by atoms with Crippen LogP contribution in [0.3, 0.4) is 0 Å². The van der Waals surface area contributed by atoms with Gasteiger partial charge in [0.2, 0.25) is 0 Å². The molecular formula is C12H15NO5S. The zero-order chi connectivity index (χ0) is 14.6. The Labute approximate surface area is 111 Å². The SMILES string of the molecule is CN(C)C(=O)COC(=O)c1ccc(S(C)(=O)=O)cc1. The molecule has 0 bridgehead atoms. The van der Waals surface area contributed by atoms with Gasteiger partial charge in [0.25, 0.3) is 5.91 Å². The lowest BCUT2D eigenvalue weighted by molar-refractivity contribution is -0.131. The van der Waals surface area contributed by atoms with Crippen LogP contribution < -0.4 is 0 Å². The van der Waals surface area contributed by atoms with Crippen molar-refractivity contribution < 1.29 is 22.7 Å². The van der Waals surface area contributed by atoms with Gasteiger partial charge >= 0.3 is 5.97 Å². The highest BCUT2D eigenvalue weighted by Gasteiger charge is 2.13. The molecule has 0 unspecified atom stereocenters. The predicted octanol–water partition coefficient (Wildman–Crippen LogP) is 0.335. The highest BCUT2D eigenvalue weighted by molar-refractivity contribution is 7.90. The molecule has 0 radical (unpaired) electrons. The van der Waals surface area contributed by atoms with Gasteiger partial charge in [-0.3, -0.25) is 4.79 Å². The minimum atomic E-state index is -3.30. The van der Waals surface area contributed by atoms with Gasteiger partial charge in [0.05, 0.1) is 10.5 Å². The van der Waals surface area contributed by atoms with Crippen LogP contribution >= 0.6 is 0 Å². The van der Waals surface area contributed by atoms with Crippen LogP contribution in [0.5, 0.6) is 0 Å². The maximum Gasteiger partial charge on any atom is 0.338 e. The summed E-state index contributed by atoms with van der Waals surface area (Å²) in [4.78, 5) is 24.2. The molecule has 0 atom stereocenters. The summed E-state index contributed by atoms with van der Waals surface area (Å²) in [7, 11) is -0.190. The predicted molar refractivity (Wildman–Crippen MR) is 68.5 cm³/mol. The molecule has 1 aromatic carbocycles. The fraction of sp³-hybridized carbons (Fsp3) is 0.333. The highest BCUT2D eigenvalue weighted by Crippen LogP contribution is 2.11. The molecule has 0 fully saturated rings. The standard InChI is InChI=1S/C12H15NO5S/c1-13(2)11(14)8-18-12(15)9-4-6-10(7-5-9)19(3,16)17/h4-7H,8H2,1-3H3. The molecule has 7 heteroatoms. The van der Waals surface area contributed by atoms with E-state index in [-0.39, 0.29) is 23.0 Å². The van der Waals surface area contributed by atoms with Gasteiger partial charge in [-0.25, -0.2) is 13.2 Å². The number of amides is 1. The third-order valence-electron chi connectivity index (χ3n) is 2.34. The number of hydrogen-bond acceptors (Lipinski definition) is 5. The van der Waals surface area contributed by atoms with Crippen LogP contribution in [0.4, 0.5) is 0 Å². The van der Waals surface area contributed by atoms with E-state index in [1.165, 1.54) is 29.2 Å². The summed E-state index contributed by atoms with van der Waals surface area (Å²) in [5.74, 6) is -1.00. The topological polar surface area (TPSA) is 80.8 Å². The summed E-state index contributed by atoms with van der Waals surface area (Å²) in [6.07, 6.45) is 1.08. The quantitative estimate of drug-likeness (QED) is 0.745. The molecular weight excluding hydrogens is 270 g/mol. The number of nitrogens with zero attached hydrogens (tertiary/aromatic N) is 1. The Bertz CT molecular complexity index is 575. The maximum absolute atomic E-state index is 11.6. The average Bonchev–Trinajstić information content (AvgIpc) is 2.34. The number of carbonyl (C=O) groups is 2.